The van der Waals surface area contributed by atoms with Gasteiger partial charge in [-0.15, -0.1) is 0 Å². The molecule has 0 radical (unpaired) electrons. The summed E-state index contributed by atoms with van der Waals surface area (Å²) in [5, 5.41) is 3.54. The Morgan fingerprint density at radius 3 is 2.74 bits per heavy atom. The number of hydrogen-bond acceptors (Lipinski definition) is 3. The molecular formula is C13H17ClF2N2O. The summed E-state index contributed by atoms with van der Waals surface area (Å²) in [6, 6.07) is 5.65. The molecular weight excluding hydrogens is 274 g/mol. The second kappa shape index (κ2) is 5.92. The van der Waals surface area contributed by atoms with Crippen LogP contribution in [0.1, 0.15) is 13.3 Å². The second-order valence-electron chi connectivity index (χ2n) is 4.89. The third-order valence-corrected chi connectivity index (χ3v) is 3.70. The molecule has 2 atom stereocenters. The van der Waals surface area contributed by atoms with Crippen LogP contribution in [0.4, 0.5) is 14.5 Å². The lowest BCUT2D eigenvalue weighted by molar-refractivity contribution is -0.0497. The number of ether oxygens (including phenoxy) is 1. The van der Waals surface area contributed by atoms with E-state index < -0.39 is 6.61 Å². The summed E-state index contributed by atoms with van der Waals surface area (Å²) in [6.07, 6.45) is 1.05. The summed E-state index contributed by atoms with van der Waals surface area (Å²) >= 11 is 5.91. The highest BCUT2D eigenvalue weighted by atomic mass is 35.5. The van der Waals surface area contributed by atoms with Crippen LogP contribution in [0.25, 0.3) is 0 Å². The van der Waals surface area contributed by atoms with Gasteiger partial charge in [0.15, 0.2) is 0 Å². The fraction of sp³-hybridized carbons (Fsp3) is 0.538. The van der Waals surface area contributed by atoms with Crippen LogP contribution in [0.5, 0.6) is 5.75 Å². The standard InChI is InChI=1S/C13H17ClF2N2O/c1-8-5-10(7-18(8)2)17-9-3-4-12(11(14)6-9)19-13(15)16/h3-4,6,8,10,13,17H,5,7H2,1-2H3. The highest BCUT2D eigenvalue weighted by molar-refractivity contribution is 6.32. The molecule has 6 heteroatoms. The van der Waals surface area contributed by atoms with Crippen molar-refractivity contribution >= 4 is 17.3 Å². The number of benzene rings is 1. The lowest BCUT2D eigenvalue weighted by atomic mass is 10.2. The van der Waals surface area contributed by atoms with Crippen LogP contribution in [0, 0.1) is 0 Å². The molecule has 1 N–H and O–H groups in total. The number of nitrogens with one attached hydrogen (secondary N) is 1. The molecule has 0 aromatic heterocycles. The molecule has 0 aliphatic carbocycles. The van der Waals surface area contributed by atoms with Gasteiger partial charge in [0.25, 0.3) is 0 Å². The predicted octanol–water partition coefficient (Wildman–Crippen LogP) is 3.45. The monoisotopic (exact) mass is 290 g/mol. The van der Waals surface area contributed by atoms with E-state index >= 15 is 0 Å². The average Bonchev–Trinajstić information content (AvgIpc) is 2.61. The SMILES string of the molecule is CC1CC(Nc2ccc(OC(F)F)c(Cl)c2)CN1C. The Labute approximate surface area is 116 Å². The number of likely N-dealkylation sites (tertiary alicyclic amines) is 1. The fourth-order valence-electron chi connectivity index (χ4n) is 2.32. The smallest absolute Gasteiger partial charge is 0.387 e. The van der Waals surface area contributed by atoms with Crippen LogP contribution in [-0.2, 0) is 0 Å². The zero-order valence-electron chi connectivity index (χ0n) is 10.9. The molecule has 0 bridgehead atoms. The summed E-state index contributed by atoms with van der Waals surface area (Å²) in [4.78, 5) is 2.27. The van der Waals surface area contributed by atoms with Crippen molar-refractivity contribution in [2.45, 2.75) is 32.0 Å². The maximum atomic E-state index is 12.1. The molecule has 1 aromatic carbocycles. The largest absolute Gasteiger partial charge is 0.433 e. The van der Waals surface area contributed by atoms with E-state index in [-0.39, 0.29) is 10.8 Å². The number of hydrogen-bond donors (Lipinski definition) is 1. The molecule has 1 saturated heterocycles. The third-order valence-electron chi connectivity index (χ3n) is 3.41. The van der Waals surface area contributed by atoms with Crippen LogP contribution in [-0.4, -0.2) is 37.2 Å². The second-order valence-corrected chi connectivity index (χ2v) is 5.30. The van der Waals surface area contributed by atoms with Gasteiger partial charge in [-0.2, -0.15) is 8.78 Å². The first-order valence-electron chi connectivity index (χ1n) is 6.17. The van der Waals surface area contributed by atoms with E-state index in [1.807, 2.05) is 0 Å². The highest BCUT2D eigenvalue weighted by Gasteiger charge is 2.25. The van der Waals surface area contributed by atoms with E-state index in [4.69, 9.17) is 11.6 Å². The van der Waals surface area contributed by atoms with Crippen LogP contribution in [0.3, 0.4) is 0 Å². The number of halogens is 3. The first-order chi connectivity index (χ1) is 8.95. The van der Waals surface area contributed by atoms with Crippen molar-refractivity contribution in [3.8, 4) is 5.75 Å². The van der Waals surface area contributed by atoms with Crippen molar-refractivity contribution in [3.63, 3.8) is 0 Å². The number of alkyl halides is 2. The van der Waals surface area contributed by atoms with Crippen molar-refractivity contribution in [1.82, 2.24) is 4.90 Å². The van der Waals surface area contributed by atoms with Gasteiger partial charge in [-0.3, -0.25) is 0 Å². The van der Waals surface area contributed by atoms with Gasteiger partial charge in [0, 0.05) is 24.3 Å². The summed E-state index contributed by atoms with van der Waals surface area (Å²) in [5.74, 6) is -0.000810. The maximum Gasteiger partial charge on any atom is 0.387 e. The number of likely N-dealkylation sites (N-methyl/N-ethyl adjacent to an activating group) is 1. The molecule has 1 fully saturated rings. The molecule has 1 aromatic rings. The molecule has 0 spiro atoms. The Morgan fingerprint density at radius 1 is 1.47 bits per heavy atom. The van der Waals surface area contributed by atoms with Gasteiger partial charge < -0.3 is 15.0 Å². The van der Waals surface area contributed by atoms with Crippen molar-refractivity contribution in [2.24, 2.45) is 0 Å². The third kappa shape index (κ3) is 3.70. The highest BCUT2D eigenvalue weighted by Crippen LogP contribution is 2.30. The van der Waals surface area contributed by atoms with Gasteiger partial charge in [0.1, 0.15) is 5.75 Å². The van der Waals surface area contributed by atoms with Gasteiger partial charge in [0.05, 0.1) is 5.02 Å². The van der Waals surface area contributed by atoms with Crippen LogP contribution < -0.4 is 10.1 Å². The fourth-order valence-corrected chi connectivity index (χ4v) is 2.54. The van der Waals surface area contributed by atoms with Crippen LogP contribution >= 0.6 is 11.6 Å². The van der Waals surface area contributed by atoms with Gasteiger partial charge in [-0.1, -0.05) is 11.6 Å². The minimum Gasteiger partial charge on any atom is -0.433 e. The van der Waals surface area contributed by atoms with E-state index in [1.165, 1.54) is 6.07 Å². The first kappa shape index (κ1) is 14.3. The normalized spacial score (nSPS) is 23.9. The molecule has 0 saturated carbocycles. The topological polar surface area (TPSA) is 24.5 Å². The van der Waals surface area contributed by atoms with E-state index in [0.29, 0.717) is 12.1 Å². The van der Waals surface area contributed by atoms with Crippen molar-refractivity contribution in [3.05, 3.63) is 23.2 Å². The van der Waals surface area contributed by atoms with Crippen molar-refractivity contribution in [1.29, 1.82) is 0 Å². The molecule has 3 nitrogen and oxygen atoms in total. The van der Waals surface area contributed by atoms with E-state index in [9.17, 15) is 8.78 Å². The number of rotatable bonds is 4. The Kier molecular flexibility index (Phi) is 4.47. The minimum absolute atomic E-state index is 0.000810. The minimum atomic E-state index is -2.86. The van der Waals surface area contributed by atoms with E-state index in [0.717, 1.165) is 18.7 Å². The number of nitrogens with zero attached hydrogens (tertiary/aromatic N) is 1. The molecule has 2 rings (SSSR count). The maximum absolute atomic E-state index is 12.1. The Bertz CT molecular complexity index is 435. The average molecular weight is 291 g/mol. The van der Waals surface area contributed by atoms with Crippen LogP contribution in [0.2, 0.25) is 5.02 Å². The van der Waals surface area contributed by atoms with E-state index in [2.05, 4.69) is 28.9 Å². The Hall–Kier alpha value is -1.07. The number of anilines is 1. The summed E-state index contributed by atoms with van der Waals surface area (Å²) in [5.41, 5.74) is 0.819. The zero-order chi connectivity index (χ0) is 14.0. The van der Waals surface area contributed by atoms with E-state index in [1.54, 1.807) is 12.1 Å². The van der Waals surface area contributed by atoms with Gasteiger partial charge in [-0.25, -0.2) is 0 Å². The van der Waals surface area contributed by atoms with Gasteiger partial charge in [-0.05, 0) is 38.6 Å². The summed E-state index contributed by atoms with van der Waals surface area (Å²) in [7, 11) is 2.08. The lowest BCUT2D eigenvalue weighted by Gasteiger charge is -2.15. The molecule has 1 aliphatic heterocycles. The van der Waals surface area contributed by atoms with Crippen molar-refractivity contribution < 1.29 is 13.5 Å². The predicted molar refractivity (Wildman–Crippen MR) is 72.2 cm³/mol. The Morgan fingerprint density at radius 2 is 2.21 bits per heavy atom. The van der Waals surface area contributed by atoms with Gasteiger partial charge >= 0.3 is 6.61 Å². The van der Waals surface area contributed by atoms with Crippen LogP contribution in [0.15, 0.2) is 18.2 Å². The van der Waals surface area contributed by atoms with Gasteiger partial charge in [0.2, 0.25) is 0 Å². The lowest BCUT2D eigenvalue weighted by Crippen LogP contribution is -2.24. The van der Waals surface area contributed by atoms with Crippen molar-refractivity contribution in [2.75, 3.05) is 18.9 Å². The zero-order valence-corrected chi connectivity index (χ0v) is 11.6. The molecule has 106 valence electrons. The Balaban J connectivity index is 2.00. The summed E-state index contributed by atoms with van der Waals surface area (Å²) < 4.78 is 28.5. The summed E-state index contributed by atoms with van der Waals surface area (Å²) in [6.45, 7) is 0.267. The molecule has 2 unspecified atom stereocenters. The quantitative estimate of drug-likeness (QED) is 0.919. The molecule has 1 heterocycles. The molecule has 19 heavy (non-hydrogen) atoms. The first-order valence-corrected chi connectivity index (χ1v) is 6.54. The molecule has 0 amide bonds. The molecule has 1 aliphatic rings.